The summed E-state index contributed by atoms with van der Waals surface area (Å²) in [6, 6.07) is 2.92. The minimum Gasteiger partial charge on any atom is -0.481 e. The molecule has 4 rings (SSSR count). The van der Waals surface area contributed by atoms with Crippen LogP contribution in [0.15, 0.2) is 35.5 Å². The van der Waals surface area contributed by atoms with E-state index in [4.69, 9.17) is 4.74 Å². The van der Waals surface area contributed by atoms with Crippen LogP contribution in [0.4, 0.5) is 13.2 Å². The molecule has 36 heavy (non-hydrogen) atoms. The number of halogens is 3. The molecule has 1 N–H and O–H groups in total. The predicted molar refractivity (Wildman–Crippen MR) is 122 cm³/mol. The van der Waals surface area contributed by atoms with Gasteiger partial charge in [0, 0.05) is 18.8 Å². The number of benzene rings is 1. The van der Waals surface area contributed by atoms with E-state index in [0.29, 0.717) is 5.56 Å². The van der Waals surface area contributed by atoms with Gasteiger partial charge in [-0.15, -0.1) is 0 Å². The van der Waals surface area contributed by atoms with Gasteiger partial charge in [-0.1, -0.05) is 6.07 Å². The summed E-state index contributed by atoms with van der Waals surface area (Å²) in [5.74, 6) is -2.80. The van der Waals surface area contributed by atoms with E-state index in [1.54, 1.807) is 7.05 Å². The van der Waals surface area contributed by atoms with E-state index < -0.39 is 72.1 Å². The monoisotopic (exact) mass is 550 g/mol. The predicted octanol–water partition coefficient (Wildman–Crippen LogP) is 2.71. The van der Waals surface area contributed by atoms with E-state index in [-0.39, 0.29) is 36.3 Å². The van der Waals surface area contributed by atoms with Crippen molar-refractivity contribution in [2.24, 2.45) is 13.0 Å². The summed E-state index contributed by atoms with van der Waals surface area (Å²) in [5, 5.41) is 12.2. The summed E-state index contributed by atoms with van der Waals surface area (Å²) in [4.78, 5) is 10.9. The highest BCUT2D eigenvalue weighted by molar-refractivity contribution is 7.92. The summed E-state index contributed by atoms with van der Waals surface area (Å²) >= 11 is 0. The Bertz CT molecular complexity index is 1360. The number of nitrogens with zero attached hydrogens (tertiary/aromatic N) is 2. The van der Waals surface area contributed by atoms with Gasteiger partial charge in [0.15, 0.2) is 19.7 Å². The molecular formula is C22H25F3N2O7S2. The smallest absolute Gasteiger partial charge is 0.417 e. The van der Waals surface area contributed by atoms with Crippen LogP contribution in [0.1, 0.15) is 31.2 Å². The fourth-order valence-corrected chi connectivity index (χ4v) is 8.25. The summed E-state index contributed by atoms with van der Waals surface area (Å²) in [5.41, 5.74) is -0.822. The molecule has 0 amide bonds. The average Bonchev–Trinajstić information content (AvgIpc) is 3.41. The van der Waals surface area contributed by atoms with Crippen molar-refractivity contribution in [2.75, 3.05) is 11.5 Å². The number of hydrogen-bond acceptors (Lipinski definition) is 7. The molecule has 2 aromatic rings. The van der Waals surface area contributed by atoms with Gasteiger partial charge >= 0.3 is 12.1 Å². The lowest BCUT2D eigenvalue weighted by atomic mass is 10.1. The lowest BCUT2D eigenvalue weighted by Crippen LogP contribution is -2.35. The van der Waals surface area contributed by atoms with Crippen LogP contribution in [0, 0.1) is 5.92 Å². The number of carbonyl (C=O) groups is 1. The topological polar surface area (TPSA) is 133 Å². The SMILES string of the molecule is Cn1cc(-c2ccc(S(=O)(=O)[C@@H]3C[C@H](OC4CCS(=O)(=O)CC4)[C@@H](C(=O)O)C3)c(C(F)(F)F)c2)cn1. The largest absolute Gasteiger partial charge is 0.481 e. The number of carboxylic acids is 1. The maximum absolute atomic E-state index is 14.0. The molecule has 2 heterocycles. The van der Waals surface area contributed by atoms with Crippen molar-refractivity contribution >= 4 is 25.6 Å². The molecule has 14 heteroatoms. The summed E-state index contributed by atoms with van der Waals surface area (Å²) in [6.07, 6.45) is -4.16. The Morgan fingerprint density at radius 3 is 2.39 bits per heavy atom. The van der Waals surface area contributed by atoms with Crippen molar-refractivity contribution in [3.63, 3.8) is 0 Å². The molecule has 0 radical (unpaired) electrons. The minimum atomic E-state index is -4.98. The molecule has 0 unspecified atom stereocenters. The Morgan fingerprint density at radius 2 is 1.83 bits per heavy atom. The molecule has 1 aromatic heterocycles. The lowest BCUT2D eigenvalue weighted by Gasteiger charge is -2.27. The molecule has 1 saturated heterocycles. The van der Waals surface area contributed by atoms with Crippen LogP contribution in [0.25, 0.3) is 11.1 Å². The van der Waals surface area contributed by atoms with E-state index in [9.17, 15) is 39.9 Å². The minimum absolute atomic E-state index is 0.123. The van der Waals surface area contributed by atoms with E-state index in [2.05, 4.69) is 5.10 Å². The fourth-order valence-electron chi connectivity index (χ4n) is 4.80. The molecule has 198 valence electrons. The molecule has 0 spiro atoms. The maximum atomic E-state index is 14.0. The van der Waals surface area contributed by atoms with Crippen molar-refractivity contribution in [3.8, 4) is 11.1 Å². The number of alkyl halides is 3. The first-order valence-corrected chi connectivity index (χ1v) is 14.6. The van der Waals surface area contributed by atoms with Gasteiger partial charge in [-0.25, -0.2) is 16.8 Å². The zero-order valence-electron chi connectivity index (χ0n) is 19.2. The molecule has 1 aliphatic heterocycles. The van der Waals surface area contributed by atoms with Crippen molar-refractivity contribution < 1.29 is 44.6 Å². The maximum Gasteiger partial charge on any atom is 0.417 e. The van der Waals surface area contributed by atoms with Gasteiger partial charge in [0.05, 0.1) is 51.5 Å². The van der Waals surface area contributed by atoms with Crippen molar-refractivity contribution in [3.05, 3.63) is 36.2 Å². The number of aliphatic carboxylic acids is 1. The van der Waals surface area contributed by atoms with Gasteiger partial charge < -0.3 is 9.84 Å². The Hall–Kier alpha value is -2.45. The fraction of sp³-hybridized carbons (Fsp3) is 0.545. The number of aryl methyl sites for hydroxylation is 1. The number of sulfone groups is 2. The zero-order valence-corrected chi connectivity index (χ0v) is 20.8. The summed E-state index contributed by atoms with van der Waals surface area (Å²) < 4.78 is 99.2. The summed E-state index contributed by atoms with van der Waals surface area (Å²) in [7, 11) is -6.19. The van der Waals surface area contributed by atoms with E-state index in [1.807, 2.05) is 0 Å². The number of rotatable bonds is 6. The van der Waals surface area contributed by atoms with Gasteiger partial charge in [-0.2, -0.15) is 18.3 Å². The lowest BCUT2D eigenvalue weighted by molar-refractivity contribution is -0.148. The molecule has 2 fully saturated rings. The second kappa shape index (κ2) is 9.45. The van der Waals surface area contributed by atoms with Crippen LogP contribution in [0.2, 0.25) is 0 Å². The highest BCUT2D eigenvalue weighted by atomic mass is 32.2. The van der Waals surface area contributed by atoms with Crippen molar-refractivity contribution in [1.29, 1.82) is 0 Å². The number of hydrogen-bond donors (Lipinski definition) is 1. The first-order chi connectivity index (χ1) is 16.7. The van der Waals surface area contributed by atoms with Crippen LogP contribution in [-0.4, -0.2) is 66.7 Å². The van der Waals surface area contributed by atoms with Crippen LogP contribution < -0.4 is 0 Å². The molecule has 1 aliphatic carbocycles. The quantitative estimate of drug-likeness (QED) is 0.581. The molecule has 0 bridgehead atoms. The van der Waals surface area contributed by atoms with Crippen LogP contribution in [0.3, 0.4) is 0 Å². The second-order valence-electron chi connectivity index (χ2n) is 9.22. The standard InChI is InChI=1S/C22H25F3N2O7S2/c1-27-12-14(11-26-27)13-2-3-20(18(8-13)22(23,24)25)36(32,33)16-9-17(21(28)29)19(10-16)34-15-4-6-35(30,31)7-5-15/h2-3,8,11-12,15-17,19H,4-7,9-10H2,1H3,(H,28,29)/t16-,17-,19-/m0/s1. The third kappa shape index (κ3) is 5.44. The van der Waals surface area contributed by atoms with Crippen molar-refractivity contribution in [2.45, 2.75) is 54.2 Å². The van der Waals surface area contributed by atoms with E-state index in [1.165, 1.54) is 23.1 Å². The highest BCUT2D eigenvalue weighted by Gasteiger charge is 2.48. The Balaban J connectivity index is 1.63. The van der Waals surface area contributed by atoms with Crippen molar-refractivity contribution in [1.82, 2.24) is 9.78 Å². The molecule has 1 saturated carbocycles. The zero-order chi connectivity index (χ0) is 26.5. The first-order valence-electron chi connectivity index (χ1n) is 11.2. The average molecular weight is 551 g/mol. The third-order valence-electron chi connectivity index (χ3n) is 6.72. The third-order valence-corrected chi connectivity index (χ3v) is 10.7. The van der Waals surface area contributed by atoms with Gasteiger partial charge in [-0.05, 0) is 43.4 Å². The number of aromatic nitrogens is 2. The van der Waals surface area contributed by atoms with Gasteiger partial charge in [0.25, 0.3) is 0 Å². The molecule has 3 atom stereocenters. The first kappa shape index (κ1) is 26.6. The van der Waals surface area contributed by atoms with Crippen LogP contribution in [0.5, 0.6) is 0 Å². The molecule has 2 aliphatic rings. The normalized spacial score (nSPS) is 25.2. The Kier molecular flexibility index (Phi) is 6.99. The Labute approximate surface area is 206 Å². The van der Waals surface area contributed by atoms with E-state index in [0.717, 1.165) is 12.1 Å². The molecular weight excluding hydrogens is 525 g/mol. The number of carboxylic acid groups (broad SMARTS) is 1. The highest BCUT2D eigenvalue weighted by Crippen LogP contribution is 2.42. The second-order valence-corrected chi connectivity index (χ2v) is 13.7. The molecule has 1 aromatic carbocycles. The van der Waals surface area contributed by atoms with Crippen LogP contribution >= 0.6 is 0 Å². The van der Waals surface area contributed by atoms with Gasteiger partial charge in [0.2, 0.25) is 0 Å². The van der Waals surface area contributed by atoms with E-state index >= 15 is 0 Å². The van der Waals surface area contributed by atoms with Gasteiger partial charge in [-0.3, -0.25) is 9.48 Å². The molecule has 9 nitrogen and oxygen atoms in total. The Morgan fingerprint density at radius 1 is 1.17 bits per heavy atom. The number of ether oxygens (including phenoxy) is 1. The summed E-state index contributed by atoms with van der Waals surface area (Å²) in [6.45, 7) is 0. The van der Waals surface area contributed by atoms with Gasteiger partial charge in [0.1, 0.15) is 0 Å². The van der Waals surface area contributed by atoms with Crippen LogP contribution in [-0.2, 0) is 42.4 Å².